The van der Waals surface area contributed by atoms with E-state index in [0.29, 0.717) is 12.4 Å². The van der Waals surface area contributed by atoms with E-state index in [9.17, 15) is 4.79 Å². The molecule has 0 spiro atoms. The first-order chi connectivity index (χ1) is 10.6. The molecule has 0 bridgehead atoms. The van der Waals surface area contributed by atoms with Gasteiger partial charge in [0.25, 0.3) is 0 Å². The third-order valence-electron chi connectivity index (χ3n) is 3.71. The van der Waals surface area contributed by atoms with E-state index in [0.717, 1.165) is 22.0 Å². The highest BCUT2D eigenvalue weighted by molar-refractivity contribution is 5.89. The van der Waals surface area contributed by atoms with Crippen molar-refractivity contribution in [3.05, 3.63) is 48.4 Å². The summed E-state index contributed by atoms with van der Waals surface area (Å²) in [6, 6.07) is 7.90. The van der Waals surface area contributed by atoms with Crippen LogP contribution in [0.15, 0.2) is 42.9 Å². The van der Waals surface area contributed by atoms with Crippen molar-refractivity contribution in [3.63, 3.8) is 0 Å². The summed E-state index contributed by atoms with van der Waals surface area (Å²) in [5.41, 5.74) is 3.17. The molecule has 2 aromatic heterocycles. The Kier molecular flexibility index (Phi) is 3.63. The van der Waals surface area contributed by atoms with Crippen molar-refractivity contribution < 1.29 is 4.79 Å². The van der Waals surface area contributed by atoms with Crippen LogP contribution in [0.5, 0.6) is 0 Å². The predicted molar refractivity (Wildman–Crippen MR) is 86.4 cm³/mol. The fraction of sp³-hybridized carbons (Fsp3) is 0.235. The lowest BCUT2D eigenvalue weighted by Gasteiger charge is -2.11. The fourth-order valence-corrected chi connectivity index (χ4v) is 2.48. The quantitative estimate of drug-likeness (QED) is 0.745. The summed E-state index contributed by atoms with van der Waals surface area (Å²) < 4.78 is 1.99. The van der Waals surface area contributed by atoms with Crippen LogP contribution in [0.4, 0.5) is 0 Å². The molecule has 0 saturated carbocycles. The number of benzene rings is 1. The minimum absolute atomic E-state index is 0.0763. The Morgan fingerprint density at radius 3 is 2.64 bits per heavy atom. The van der Waals surface area contributed by atoms with Crippen molar-refractivity contribution in [1.29, 1.82) is 0 Å². The molecule has 0 aliphatic carbocycles. The number of fused-ring (bicyclic) bond motifs is 1. The molecule has 1 amide bonds. The van der Waals surface area contributed by atoms with E-state index < -0.39 is 0 Å². The van der Waals surface area contributed by atoms with Crippen LogP contribution >= 0.6 is 0 Å². The number of rotatable bonds is 3. The molecule has 0 fully saturated rings. The number of hydrogen-bond donors (Lipinski definition) is 0. The highest BCUT2D eigenvalue weighted by Gasteiger charge is 2.11. The van der Waals surface area contributed by atoms with Gasteiger partial charge in [-0.2, -0.15) is 0 Å². The zero-order valence-corrected chi connectivity index (χ0v) is 12.9. The molecule has 22 heavy (non-hydrogen) atoms. The standard InChI is InChI=1S/C17H18N4O/c1-12-10-21(11-16(22)20(2)3)15-6-5-13(9-14(12)15)17-18-7-4-8-19-17/h4-10H,11H2,1-3H3. The largest absolute Gasteiger partial charge is 0.347 e. The monoisotopic (exact) mass is 294 g/mol. The topological polar surface area (TPSA) is 51.0 Å². The Morgan fingerprint density at radius 2 is 1.95 bits per heavy atom. The van der Waals surface area contributed by atoms with Gasteiger partial charge in [-0.1, -0.05) is 0 Å². The molecule has 5 nitrogen and oxygen atoms in total. The summed E-state index contributed by atoms with van der Waals surface area (Å²) in [6.07, 6.45) is 5.49. The van der Waals surface area contributed by atoms with Gasteiger partial charge in [0.1, 0.15) is 6.54 Å². The second kappa shape index (κ2) is 5.60. The lowest BCUT2D eigenvalue weighted by Crippen LogP contribution is -2.25. The van der Waals surface area contributed by atoms with E-state index in [-0.39, 0.29) is 5.91 Å². The van der Waals surface area contributed by atoms with Gasteiger partial charge < -0.3 is 9.47 Å². The summed E-state index contributed by atoms with van der Waals surface area (Å²) >= 11 is 0. The lowest BCUT2D eigenvalue weighted by molar-refractivity contribution is -0.129. The maximum absolute atomic E-state index is 11.9. The molecule has 0 aliphatic rings. The molecule has 2 heterocycles. The van der Waals surface area contributed by atoms with Crippen molar-refractivity contribution in [3.8, 4) is 11.4 Å². The predicted octanol–water partition coefficient (Wildman–Crippen LogP) is 2.49. The molecular formula is C17H18N4O. The number of carbonyl (C=O) groups is 1. The van der Waals surface area contributed by atoms with Crippen LogP contribution in [0.1, 0.15) is 5.56 Å². The van der Waals surface area contributed by atoms with Crippen molar-refractivity contribution in [1.82, 2.24) is 19.4 Å². The summed E-state index contributed by atoms with van der Waals surface area (Å²) in [7, 11) is 3.54. The highest BCUT2D eigenvalue weighted by atomic mass is 16.2. The summed E-state index contributed by atoms with van der Waals surface area (Å²) in [5, 5.41) is 1.12. The van der Waals surface area contributed by atoms with Crippen molar-refractivity contribution in [2.75, 3.05) is 14.1 Å². The van der Waals surface area contributed by atoms with E-state index in [2.05, 4.69) is 23.0 Å². The van der Waals surface area contributed by atoms with Gasteiger partial charge in [0.2, 0.25) is 5.91 Å². The number of hydrogen-bond acceptors (Lipinski definition) is 3. The van der Waals surface area contributed by atoms with Gasteiger partial charge in [0.05, 0.1) is 0 Å². The summed E-state index contributed by atoms with van der Waals surface area (Å²) in [4.78, 5) is 22.1. The average Bonchev–Trinajstić information content (AvgIpc) is 2.84. The molecule has 3 rings (SSSR count). The first-order valence-corrected chi connectivity index (χ1v) is 7.13. The molecule has 0 atom stereocenters. The van der Waals surface area contributed by atoms with Gasteiger partial charge in [-0.15, -0.1) is 0 Å². The molecule has 0 unspecified atom stereocenters. The number of likely N-dealkylation sites (N-methyl/N-ethyl adjacent to an activating group) is 1. The van der Waals surface area contributed by atoms with Crippen molar-refractivity contribution in [2.24, 2.45) is 0 Å². The average molecular weight is 294 g/mol. The van der Waals surface area contributed by atoms with Gasteiger partial charge >= 0.3 is 0 Å². The molecule has 1 aromatic carbocycles. The second-order valence-electron chi connectivity index (χ2n) is 5.53. The van der Waals surface area contributed by atoms with Gasteiger partial charge in [-0.05, 0) is 36.8 Å². The number of aromatic nitrogens is 3. The Balaban J connectivity index is 2.04. The minimum Gasteiger partial charge on any atom is -0.347 e. The second-order valence-corrected chi connectivity index (χ2v) is 5.53. The first-order valence-electron chi connectivity index (χ1n) is 7.13. The molecule has 5 heteroatoms. The molecule has 0 N–H and O–H groups in total. The van der Waals surface area contributed by atoms with Crippen LogP contribution in [0.2, 0.25) is 0 Å². The van der Waals surface area contributed by atoms with Crippen LogP contribution in [0.25, 0.3) is 22.3 Å². The Bertz CT molecular complexity index is 821. The third kappa shape index (κ3) is 2.57. The zero-order valence-electron chi connectivity index (χ0n) is 12.9. The number of amides is 1. The van der Waals surface area contributed by atoms with Gasteiger partial charge in [-0.25, -0.2) is 9.97 Å². The fourth-order valence-electron chi connectivity index (χ4n) is 2.48. The Hall–Kier alpha value is -2.69. The van der Waals surface area contributed by atoms with Crippen LogP contribution in [0.3, 0.4) is 0 Å². The summed E-state index contributed by atoms with van der Waals surface area (Å²) in [5.74, 6) is 0.785. The van der Waals surface area contributed by atoms with Crippen LogP contribution in [-0.2, 0) is 11.3 Å². The van der Waals surface area contributed by atoms with Gasteiger partial charge in [0.15, 0.2) is 5.82 Å². The van der Waals surface area contributed by atoms with E-state index in [1.807, 2.05) is 22.9 Å². The molecule has 0 saturated heterocycles. The van der Waals surface area contributed by atoms with E-state index in [1.165, 1.54) is 0 Å². The Morgan fingerprint density at radius 1 is 1.23 bits per heavy atom. The molecular weight excluding hydrogens is 276 g/mol. The number of aryl methyl sites for hydroxylation is 1. The van der Waals surface area contributed by atoms with E-state index >= 15 is 0 Å². The third-order valence-corrected chi connectivity index (χ3v) is 3.71. The molecule has 3 aromatic rings. The smallest absolute Gasteiger partial charge is 0.241 e. The Labute approximate surface area is 129 Å². The van der Waals surface area contributed by atoms with E-state index in [4.69, 9.17) is 0 Å². The molecule has 112 valence electrons. The SMILES string of the molecule is Cc1cn(CC(=O)N(C)C)c2ccc(-c3ncccn3)cc12. The lowest BCUT2D eigenvalue weighted by atomic mass is 10.1. The van der Waals surface area contributed by atoms with Gasteiger partial charge in [0, 0.05) is 49.2 Å². The number of carbonyl (C=O) groups excluding carboxylic acids is 1. The first kappa shape index (κ1) is 14.3. The van der Waals surface area contributed by atoms with Crippen LogP contribution < -0.4 is 0 Å². The normalized spacial score (nSPS) is 10.9. The van der Waals surface area contributed by atoms with Gasteiger partial charge in [-0.3, -0.25) is 4.79 Å². The van der Waals surface area contributed by atoms with Crippen molar-refractivity contribution >= 4 is 16.8 Å². The highest BCUT2D eigenvalue weighted by Crippen LogP contribution is 2.26. The van der Waals surface area contributed by atoms with Crippen LogP contribution in [-0.4, -0.2) is 39.4 Å². The molecule has 0 aliphatic heterocycles. The zero-order chi connectivity index (χ0) is 15.7. The molecule has 0 radical (unpaired) electrons. The van der Waals surface area contributed by atoms with Crippen LogP contribution in [0, 0.1) is 6.92 Å². The summed E-state index contributed by atoms with van der Waals surface area (Å²) in [6.45, 7) is 2.40. The maximum atomic E-state index is 11.9. The number of nitrogens with zero attached hydrogens (tertiary/aromatic N) is 4. The minimum atomic E-state index is 0.0763. The maximum Gasteiger partial charge on any atom is 0.241 e. The van der Waals surface area contributed by atoms with E-state index in [1.54, 1.807) is 37.5 Å². The van der Waals surface area contributed by atoms with Crippen molar-refractivity contribution in [2.45, 2.75) is 13.5 Å².